The van der Waals surface area contributed by atoms with E-state index in [1.165, 1.54) is 12.8 Å². The van der Waals surface area contributed by atoms with Crippen molar-refractivity contribution in [3.63, 3.8) is 0 Å². The Labute approximate surface area is 260 Å². The van der Waals surface area contributed by atoms with E-state index in [0.29, 0.717) is 12.8 Å². The Kier molecular flexibility index (Phi) is 13.0. The molecule has 3 rings (SSSR count). The van der Waals surface area contributed by atoms with Crippen LogP contribution < -0.4 is 0 Å². The molecule has 0 radical (unpaired) electrons. The number of rotatable bonds is 8. The largest absolute Gasteiger partial charge is 0.463 e. The Hall–Kier alpha value is -1.14. The van der Waals surface area contributed by atoms with Gasteiger partial charge in [-0.15, -0.1) is 0 Å². The van der Waals surface area contributed by atoms with Crippen LogP contribution in [0.1, 0.15) is 80.1 Å². The van der Waals surface area contributed by atoms with E-state index in [1.54, 1.807) is 27.9 Å². The van der Waals surface area contributed by atoms with Gasteiger partial charge < -0.3 is 33.9 Å². The third-order valence-electron chi connectivity index (χ3n) is 10.2. The van der Waals surface area contributed by atoms with E-state index in [0.717, 1.165) is 39.0 Å². The SMILES string of the molecule is CO[C@]1(C)C[C@@H](C)CN(C)[C@@H](CCCN2CCCC2)COC(=O)C(C)(C)C(=O)[C@H](C)[C@H]1O[C@@H]1O[C@H](C)C[C@H](N(C)C)[C@H]1O. The third-order valence-corrected chi connectivity index (χ3v) is 10.2. The number of aliphatic hydroxyl groups is 1. The van der Waals surface area contributed by atoms with Crippen LogP contribution in [0.3, 0.4) is 0 Å². The molecule has 250 valence electrons. The van der Waals surface area contributed by atoms with Gasteiger partial charge in [0.15, 0.2) is 12.1 Å². The van der Waals surface area contributed by atoms with Crippen molar-refractivity contribution >= 4 is 11.8 Å². The number of hydrogen-bond donors (Lipinski definition) is 1. The minimum Gasteiger partial charge on any atom is -0.463 e. The maximum absolute atomic E-state index is 14.1. The average molecular weight is 612 g/mol. The van der Waals surface area contributed by atoms with Crippen molar-refractivity contribution in [3.05, 3.63) is 0 Å². The smallest absolute Gasteiger partial charge is 0.319 e. The van der Waals surface area contributed by atoms with Crippen LogP contribution in [0.15, 0.2) is 0 Å². The third kappa shape index (κ3) is 8.99. The van der Waals surface area contributed by atoms with Crippen LogP contribution in [0.4, 0.5) is 0 Å². The van der Waals surface area contributed by atoms with E-state index in [-0.39, 0.29) is 36.5 Å². The number of carbonyl (C=O) groups is 2. The molecule has 0 aromatic rings. The number of ketones is 1. The minimum atomic E-state index is -1.39. The van der Waals surface area contributed by atoms with E-state index in [9.17, 15) is 14.7 Å². The topological polar surface area (TPSA) is 101 Å². The molecular formula is C33H61N3O7. The molecule has 0 aromatic carbocycles. The van der Waals surface area contributed by atoms with E-state index >= 15 is 0 Å². The number of carbonyl (C=O) groups excluding carboxylic acids is 2. The fourth-order valence-corrected chi connectivity index (χ4v) is 7.45. The number of ether oxygens (including phenoxy) is 4. The summed E-state index contributed by atoms with van der Waals surface area (Å²) in [5.41, 5.74) is -2.29. The Bertz CT molecular complexity index is 911. The second-order valence-electron chi connectivity index (χ2n) is 14.6. The monoisotopic (exact) mass is 611 g/mol. The van der Waals surface area contributed by atoms with Crippen LogP contribution in [0.2, 0.25) is 0 Å². The number of nitrogens with zero attached hydrogens (tertiary/aromatic N) is 3. The van der Waals surface area contributed by atoms with Gasteiger partial charge in [-0.25, -0.2) is 0 Å². The van der Waals surface area contributed by atoms with Gasteiger partial charge in [-0.2, -0.15) is 0 Å². The first-order chi connectivity index (χ1) is 20.1. The zero-order valence-electron chi connectivity index (χ0n) is 28.6. The molecule has 0 amide bonds. The molecule has 3 fully saturated rings. The van der Waals surface area contributed by atoms with Crippen LogP contribution in [-0.2, 0) is 28.5 Å². The van der Waals surface area contributed by atoms with Crippen LogP contribution in [0.5, 0.6) is 0 Å². The number of cyclic esters (lactones) is 1. The maximum atomic E-state index is 14.1. The van der Waals surface area contributed by atoms with Gasteiger partial charge >= 0.3 is 5.97 Å². The molecule has 3 heterocycles. The highest BCUT2D eigenvalue weighted by molar-refractivity contribution is 6.04. The predicted molar refractivity (Wildman–Crippen MR) is 167 cm³/mol. The highest BCUT2D eigenvalue weighted by Gasteiger charge is 2.51. The Morgan fingerprint density at radius 3 is 2.35 bits per heavy atom. The fourth-order valence-electron chi connectivity index (χ4n) is 7.45. The summed E-state index contributed by atoms with van der Waals surface area (Å²) in [6.45, 7) is 15.6. The van der Waals surface area contributed by atoms with Crippen molar-refractivity contribution in [2.24, 2.45) is 17.3 Å². The lowest BCUT2D eigenvalue weighted by Crippen LogP contribution is -2.59. The zero-order valence-corrected chi connectivity index (χ0v) is 28.6. The minimum absolute atomic E-state index is 0.0502. The summed E-state index contributed by atoms with van der Waals surface area (Å²) in [5, 5.41) is 11.3. The van der Waals surface area contributed by atoms with Gasteiger partial charge in [0.2, 0.25) is 0 Å². The van der Waals surface area contributed by atoms with Gasteiger partial charge in [0.25, 0.3) is 0 Å². The Morgan fingerprint density at radius 1 is 1.09 bits per heavy atom. The molecule has 0 aliphatic carbocycles. The van der Waals surface area contributed by atoms with Gasteiger partial charge in [-0.1, -0.05) is 13.8 Å². The molecule has 0 unspecified atom stereocenters. The quantitative estimate of drug-likeness (QED) is 0.325. The van der Waals surface area contributed by atoms with Crippen LogP contribution >= 0.6 is 0 Å². The molecule has 1 N–H and O–H groups in total. The molecule has 10 heteroatoms. The van der Waals surface area contributed by atoms with Crippen molar-refractivity contribution in [1.29, 1.82) is 0 Å². The van der Waals surface area contributed by atoms with E-state index in [1.807, 2.05) is 32.8 Å². The summed E-state index contributed by atoms with van der Waals surface area (Å²) in [7, 11) is 7.60. The summed E-state index contributed by atoms with van der Waals surface area (Å²) >= 11 is 0. The molecule has 3 aliphatic rings. The van der Waals surface area contributed by atoms with Crippen LogP contribution in [0.25, 0.3) is 0 Å². The first kappa shape index (κ1) is 36.3. The first-order valence-electron chi connectivity index (χ1n) is 16.4. The fraction of sp³-hybridized carbons (Fsp3) is 0.939. The highest BCUT2D eigenvalue weighted by Crippen LogP contribution is 2.38. The van der Waals surface area contributed by atoms with Crippen molar-refractivity contribution in [1.82, 2.24) is 14.7 Å². The number of aliphatic hydroxyl groups excluding tert-OH is 1. The van der Waals surface area contributed by atoms with E-state index in [2.05, 4.69) is 23.8 Å². The molecule has 43 heavy (non-hydrogen) atoms. The van der Waals surface area contributed by atoms with E-state index in [4.69, 9.17) is 18.9 Å². The summed E-state index contributed by atoms with van der Waals surface area (Å²) in [4.78, 5) is 34.4. The molecule has 9 atom stereocenters. The van der Waals surface area contributed by atoms with Crippen molar-refractivity contribution in [3.8, 4) is 0 Å². The number of hydrogen-bond acceptors (Lipinski definition) is 10. The molecule has 3 aliphatic heterocycles. The van der Waals surface area contributed by atoms with Gasteiger partial charge in [-0.05, 0) is 113 Å². The van der Waals surface area contributed by atoms with Gasteiger partial charge in [0.1, 0.15) is 18.1 Å². The second kappa shape index (κ2) is 15.4. The summed E-state index contributed by atoms with van der Waals surface area (Å²) < 4.78 is 24.9. The Balaban J connectivity index is 1.90. The highest BCUT2D eigenvalue weighted by atomic mass is 16.7. The summed E-state index contributed by atoms with van der Waals surface area (Å²) in [6, 6.07) is -0.112. The molecule has 10 nitrogen and oxygen atoms in total. The maximum Gasteiger partial charge on any atom is 0.319 e. The molecule has 0 spiro atoms. The number of Topliss-reactive ketones (excluding diaryl/α,β-unsaturated/α-hetero) is 1. The number of likely N-dealkylation sites (tertiary alicyclic amines) is 1. The predicted octanol–water partition coefficient (Wildman–Crippen LogP) is 3.19. The number of methoxy groups -OCH3 is 1. The van der Waals surface area contributed by atoms with Crippen LogP contribution in [-0.4, -0.2) is 135 Å². The van der Waals surface area contributed by atoms with Crippen molar-refractivity contribution in [2.45, 2.75) is 122 Å². The second-order valence-corrected chi connectivity index (χ2v) is 14.6. The normalized spacial score (nSPS) is 39.3. The van der Waals surface area contributed by atoms with Gasteiger partial charge in [-0.3, -0.25) is 14.5 Å². The average Bonchev–Trinajstić information content (AvgIpc) is 3.46. The molecule has 3 saturated heterocycles. The summed E-state index contributed by atoms with van der Waals surface area (Å²) in [6.07, 6.45) is 2.96. The number of likely N-dealkylation sites (N-methyl/N-ethyl adjacent to an activating group) is 2. The van der Waals surface area contributed by atoms with Crippen molar-refractivity contribution in [2.75, 3.05) is 61.0 Å². The standard InChI is InChI=1S/C33H61N3O7/c1-22-19-33(6,40-10)29(43-30-27(37)26(34(7)8)18-23(2)42-30)24(3)28(38)32(4,5)31(39)41-21-25(35(9)20-22)14-13-17-36-15-11-12-16-36/h22-27,29-30,37H,11-21H2,1-10H3/t22-,23-,24+,25+,26+,27-,29-,30+,33-/m1/s1. The lowest BCUT2D eigenvalue weighted by molar-refractivity contribution is -0.295. The van der Waals surface area contributed by atoms with Gasteiger partial charge in [0.05, 0.1) is 17.8 Å². The number of esters is 1. The van der Waals surface area contributed by atoms with Crippen LogP contribution in [0, 0.1) is 17.3 Å². The van der Waals surface area contributed by atoms with E-state index < -0.39 is 41.4 Å². The lowest BCUT2D eigenvalue weighted by Gasteiger charge is -2.47. The molecular weight excluding hydrogens is 550 g/mol. The zero-order chi connectivity index (χ0) is 32.1. The molecule has 0 aromatic heterocycles. The Morgan fingerprint density at radius 2 is 1.74 bits per heavy atom. The summed E-state index contributed by atoms with van der Waals surface area (Å²) in [5.74, 6) is -1.36. The molecule has 0 saturated carbocycles. The first-order valence-corrected chi connectivity index (χ1v) is 16.4. The van der Waals surface area contributed by atoms with Gasteiger partial charge in [0, 0.05) is 31.7 Å². The lowest BCUT2D eigenvalue weighted by atomic mass is 9.74. The van der Waals surface area contributed by atoms with Crippen molar-refractivity contribution < 1.29 is 33.6 Å². The molecule has 0 bridgehead atoms.